The van der Waals surface area contributed by atoms with Crippen molar-refractivity contribution in [3.05, 3.63) is 0 Å². The molecule has 2 atom stereocenters. The number of nitrogens with zero attached hydrogens (tertiary/aromatic N) is 1. The Morgan fingerprint density at radius 2 is 2.25 bits per heavy atom. The minimum absolute atomic E-state index is 0.0444. The van der Waals surface area contributed by atoms with E-state index < -0.39 is 6.10 Å². The second-order valence-electron chi connectivity index (χ2n) is 3.27. The van der Waals surface area contributed by atoms with Gasteiger partial charge in [-0.05, 0) is 19.8 Å². The Morgan fingerprint density at radius 3 is 3.00 bits per heavy atom. The molecule has 0 bridgehead atoms. The fraction of sp³-hybridized carbons (Fsp3) is 0.750. The standard InChI is InChI=1S/C8H11NO3/c1-5-7(10)9-4-2-3-6(9)8(11)12-5/h5-6H,2-4H2,1H3/t5?,6-/m1/s1. The van der Waals surface area contributed by atoms with Crippen LogP contribution >= 0.6 is 0 Å². The Balaban J connectivity index is 2.23. The summed E-state index contributed by atoms with van der Waals surface area (Å²) in [5, 5.41) is 0. The zero-order valence-electron chi connectivity index (χ0n) is 6.95. The van der Waals surface area contributed by atoms with Crippen molar-refractivity contribution in [2.24, 2.45) is 0 Å². The molecule has 1 amide bonds. The van der Waals surface area contributed by atoms with Crippen molar-refractivity contribution in [2.75, 3.05) is 6.54 Å². The van der Waals surface area contributed by atoms with E-state index >= 15 is 0 Å². The van der Waals surface area contributed by atoms with Gasteiger partial charge in [0, 0.05) is 6.54 Å². The number of hydrogen-bond donors (Lipinski definition) is 0. The number of esters is 1. The van der Waals surface area contributed by atoms with Gasteiger partial charge in [-0.25, -0.2) is 4.79 Å². The van der Waals surface area contributed by atoms with Gasteiger partial charge in [0.25, 0.3) is 5.91 Å². The quantitative estimate of drug-likeness (QED) is 0.476. The third-order valence-electron chi connectivity index (χ3n) is 2.45. The predicted octanol–water partition coefficient (Wildman–Crippen LogP) is -0.0773. The van der Waals surface area contributed by atoms with Crippen molar-refractivity contribution in [3.63, 3.8) is 0 Å². The van der Waals surface area contributed by atoms with Crippen molar-refractivity contribution < 1.29 is 14.3 Å². The first-order valence-electron chi connectivity index (χ1n) is 4.21. The highest BCUT2D eigenvalue weighted by molar-refractivity contribution is 5.92. The average molecular weight is 169 g/mol. The van der Waals surface area contributed by atoms with Crippen LogP contribution in [0.15, 0.2) is 0 Å². The van der Waals surface area contributed by atoms with Crippen LogP contribution in [0.2, 0.25) is 0 Å². The van der Waals surface area contributed by atoms with Crippen molar-refractivity contribution >= 4 is 11.9 Å². The number of cyclic esters (lactones) is 1. The van der Waals surface area contributed by atoms with E-state index in [1.165, 1.54) is 0 Å². The highest BCUT2D eigenvalue weighted by atomic mass is 16.6. The SMILES string of the molecule is CC1OC(=O)[C@H]2CCCN2C1=O. The van der Waals surface area contributed by atoms with Crippen LogP contribution < -0.4 is 0 Å². The summed E-state index contributed by atoms with van der Waals surface area (Å²) in [5.74, 6) is -0.281. The molecule has 2 saturated heterocycles. The lowest BCUT2D eigenvalue weighted by Gasteiger charge is -2.31. The minimum atomic E-state index is -0.577. The lowest BCUT2D eigenvalue weighted by molar-refractivity contribution is -0.174. The van der Waals surface area contributed by atoms with Gasteiger partial charge in [-0.15, -0.1) is 0 Å². The van der Waals surface area contributed by atoms with Crippen LogP contribution in [0, 0.1) is 0 Å². The lowest BCUT2D eigenvalue weighted by atomic mass is 10.2. The molecule has 2 rings (SSSR count). The number of carbonyl (C=O) groups excluding carboxylic acids is 2. The zero-order chi connectivity index (χ0) is 8.72. The monoisotopic (exact) mass is 169 g/mol. The van der Waals surface area contributed by atoms with Crippen LogP contribution in [0.1, 0.15) is 19.8 Å². The molecular weight excluding hydrogens is 158 g/mol. The van der Waals surface area contributed by atoms with Gasteiger partial charge in [0.15, 0.2) is 6.10 Å². The van der Waals surface area contributed by atoms with E-state index in [1.807, 2.05) is 0 Å². The minimum Gasteiger partial charge on any atom is -0.451 e. The molecule has 0 aromatic carbocycles. The zero-order valence-corrected chi connectivity index (χ0v) is 6.95. The Morgan fingerprint density at radius 1 is 1.50 bits per heavy atom. The van der Waals surface area contributed by atoms with Crippen LogP contribution in [0.25, 0.3) is 0 Å². The number of amides is 1. The van der Waals surface area contributed by atoms with Crippen molar-refractivity contribution in [2.45, 2.75) is 31.9 Å². The van der Waals surface area contributed by atoms with Gasteiger partial charge in [0.1, 0.15) is 6.04 Å². The number of fused-ring (bicyclic) bond motifs is 1. The first-order valence-corrected chi connectivity index (χ1v) is 4.21. The van der Waals surface area contributed by atoms with Gasteiger partial charge < -0.3 is 9.64 Å². The molecule has 0 saturated carbocycles. The molecule has 0 radical (unpaired) electrons. The van der Waals surface area contributed by atoms with E-state index in [0.29, 0.717) is 6.54 Å². The van der Waals surface area contributed by atoms with E-state index in [0.717, 1.165) is 12.8 Å². The third kappa shape index (κ3) is 0.906. The number of rotatable bonds is 0. The Hall–Kier alpha value is -1.06. The molecule has 4 heteroatoms. The Bertz CT molecular complexity index is 238. The van der Waals surface area contributed by atoms with E-state index in [1.54, 1.807) is 11.8 Å². The van der Waals surface area contributed by atoms with E-state index in [2.05, 4.69) is 0 Å². The van der Waals surface area contributed by atoms with Crippen LogP contribution in [0.5, 0.6) is 0 Å². The molecule has 0 aliphatic carbocycles. The summed E-state index contributed by atoms with van der Waals surface area (Å²) < 4.78 is 4.88. The van der Waals surface area contributed by atoms with Crippen LogP contribution in [-0.4, -0.2) is 35.5 Å². The molecular formula is C8H11NO3. The van der Waals surface area contributed by atoms with Crippen LogP contribution in [0.3, 0.4) is 0 Å². The maximum Gasteiger partial charge on any atom is 0.329 e. The lowest BCUT2D eigenvalue weighted by Crippen LogP contribution is -2.52. The van der Waals surface area contributed by atoms with Gasteiger partial charge in [-0.2, -0.15) is 0 Å². The second-order valence-corrected chi connectivity index (χ2v) is 3.27. The summed E-state index contributed by atoms with van der Waals surface area (Å²) in [5.41, 5.74) is 0. The first kappa shape index (κ1) is 7.58. The highest BCUT2D eigenvalue weighted by Gasteiger charge is 2.42. The summed E-state index contributed by atoms with van der Waals surface area (Å²) >= 11 is 0. The summed E-state index contributed by atoms with van der Waals surface area (Å²) in [4.78, 5) is 24.3. The first-order chi connectivity index (χ1) is 5.70. The highest BCUT2D eigenvalue weighted by Crippen LogP contribution is 2.24. The van der Waals surface area contributed by atoms with Gasteiger partial charge in [-0.1, -0.05) is 0 Å². The van der Waals surface area contributed by atoms with E-state index in [9.17, 15) is 9.59 Å². The van der Waals surface area contributed by atoms with Gasteiger partial charge in [-0.3, -0.25) is 4.79 Å². The average Bonchev–Trinajstić information content (AvgIpc) is 2.48. The number of morpholine rings is 1. The molecule has 0 aromatic heterocycles. The van der Waals surface area contributed by atoms with Crippen molar-refractivity contribution in [1.82, 2.24) is 4.90 Å². The maximum atomic E-state index is 11.4. The number of hydrogen-bond acceptors (Lipinski definition) is 3. The van der Waals surface area contributed by atoms with Gasteiger partial charge in [0.05, 0.1) is 0 Å². The van der Waals surface area contributed by atoms with Crippen molar-refractivity contribution in [3.8, 4) is 0 Å². The normalized spacial score (nSPS) is 34.9. The maximum absolute atomic E-state index is 11.4. The summed E-state index contributed by atoms with van der Waals surface area (Å²) in [6.45, 7) is 2.33. The molecule has 0 N–H and O–H groups in total. The van der Waals surface area contributed by atoms with Crippen molar-refractivity contribution in [1.29, 1.82) is 0 Å². The van der Waals surface area contributed by atoms with E-state index in [-0.39, 0.29) is 17.9 Å². The number of carbonyl (C=O) groups is 2. The summed E-state index contributed by atoms with van der Waals surface area (Å²) in [6, 6.07) is -0.284. The molecule has 2 heterocycles. The molecule has 1 unspecified atom stereocenters. The molecule has 2 fully saturated rings. The number of ether oxygens (including phenoxy) is 1. The van der Waals surface area contributed by atoms with Gasteiger partial charge >= 0.3 is 5.97 Å². The molecule has 0 aromatic rings. The smallest absolute Gasteiger partial charge is 0.329 e. The Kier molecular flexibility index (Phi) is 1.56. The molecule has 4 nitrogen and oxygen atoms in total. The largest absolute Gasteiger partial charge is 0.451 e. The van der Waals surface area contributed by atoms with Crippen LogP contribution in [-0.2, 0) is 14.3 Å². The Labute approximate surface area is 70.5 Å². The molecule has 2 aliphatic rings. The van der Waals surface area contributed by atoms with Crippen LogP contribution in [0.4, 0.5) is 0 Å². The molecule has 0 spiro atoms. The van der Waals surface area contributed by atoms with E-state index in [4.69, 9.17) is 4.74 Å². The summed E-state index contributed by atoms with van der Waals surface area (Å²) in [6.07, 6.45) is 1.10. The fourth-order valence-corrected chi connectivity index (χ4v) is 1.81. The molecule has 12 heavy (non-hydrogen) atoms. The van der Waals surface area contributed by atoms with Gasteiger partial charge in [0.2, 0.25) is 0 Å². The topological polar surface area (TPSA) is 46.6 Å². The third-order valence-corrected chi connectivity index (χ3v) is 2.45. The predicted molar refractivity (Wildman–Crippen MR) is 40.3 cm³/mol. The second kappa shape index (κ2) is 2.47. The molecule has 66 valence electrons. The fourth-order valence-electron chi connectivity index (χ4n) is 1.81. The molecule has 2 aliphatic heterocycles. The summed E-state index contributed by atoms with van der Waals surface area (Å²) in [7, 11) is 0.